The molecule has 3 aromatic carbocycles. The van der Waals surface area contributed by atoms with E-state index in [0.717, 1.165) is 32.5 Å². The van der Waals surface area contributed by atoms with Gasteiger partial charge in [-0.1, -0.05) is 40.2 Å². The van der Waals surface area contributed by atoms with E-state index < -0.39 is 0 Å². The van der Waals surface area contributed by atoms with Crippen LogP contribution >= 0.6 is 15.9 Å². The minimum Gasteiger partial charge on any atom is -0.488 e. The maximum Gasteiger partial charge on any atom is 0.125 e. The van der Waals surface area contributed by atoms with Gasteiger partial charge in [0.25, 0.3) is 0 Å². The van der Waals surface area contributed by atoms with Gasteiger partial charge >= 0.3 is 0 Å². The fourth-order valence-electron chi connectivity index (χ4n) is 3.01. The topological polar surface area (TPSA) is 33.0 Å². The standard InChI is InChI=1S/C24H19BrFNO/c1-16-11-19(13-21(14-27)20-5-9-23(26)10-6-20)12-17(2)24(16)28-15-18-3-7-22(25)8-4-18/h3-13H,15H2,1-2H3/b21-13+. The van der Waals surface area contributed by atoms with Crippen LogP contribution in [0.25, 0.3) is 11.6 Å². The molecule has 0 N–H and O–H groups in total. The van der Waals surface area contributed by atoms with Crippen LogP contribution in [0.1, 0.15) is 27.8 Å². The van der Waals surface area contributed by atoms with Crippen molar-refractivity contribution in [2.45, 2.75) is 20.5 Å². The second kappa shape index (κ2) is 8.86. The van der Waals surface area contributed by atoms with Crippen molar-refractivity contribution in [3.63, 3.8) is 0 Å². The molecule has 140 valence electrons. The van der Waals surface area contributed by atoms with Crippen molar-refractivity contribution in [1.82, 2.24) is 0 Å². The number of nitrogens with zero attached hydrogens (tertiary/aromatic N) is 1. The first kappa shape index (κ1) is 19.9. The highest BCUT2D eigenvalue weighted by Crippen LogP contribution is 2.28. The summed E-state index contributed by atoms with van der Waals surface area (Å²) in [5, 5.41) is 9.49. The van der Waals surface area contributed by atoms with Crippen LogP contribution < -0.4 is 4.74 Å². The molecule has 3 aromatic rings. The van der Waals surface area contributed by atoms with Crippen molar-refractivity contribution in [2.24, 2.45) is 0 Å². The van der Waals surface area contributed by atoms with E-state index in [4.69, 9.17) is 4.74 Å². The lowest BCUT2D eigenvalue weighted by molar-refractivity contribution is 0.302. The third kappa shape index (κ3) is 4.88. The summed E-state index contributed by atoms with van der Waals surface area (Å²) in [6.45, 7) is 4.47. The van der Waals surface area contributed by atoms with Crippen molar-refractivity contribution in [2.75, 3.05) is 0 Å². The molecule has 0 radical (unpaired) electrons. The van der Waals surface area contributed by atoms with Gasteiger partial charge in [-0.05, 0) is 84.1 Å². The predicted molar refractivity (Wildman–Crippen MR) is 114 cm³/mol. The number of hydrogen-bond donors (Lipinski definition) is 0. The van der Waals surface area contributed by atoms with Gasteiger partial charge in [0.1, 0.15) is 18.2 Å². The van der Waals surface area contributed by atoms with Crippen LogP contribution in [0.2, 0.25) is 0 Å². The first-order valence-electron chi connectivity index (χ1n) is 8.82. The smallest absolute Gasteiger partial charge is 0.125 e. The molecule has 0 amide bonds. The van der Waals surface area contributed by atoms with Crippen LogP contribution in [0.4, 0.5) is 4.39 Å². The normalized spacial score (nSPS) is 11.2. The third-order valence-corrected chi connectivity index (χ3v) is 4.89. The lowest BCUT2D eigenvalue weighted by atomic mass is 10.0. The van der Waals surface area contributed by atoms with E-state index in [-0.39, 0.29) is 5.82 Å². The number of benzene rings is 3. The molecule has 0 atom stereocenters. The van der Waals surface area contributed by atoms with Crippen molar-refractivity contribution >= 4 is 27.6 Å². The Bertz CT molecular complexity index is 1020. The Kier molecular flexibility index (Phi) is 6.28. The van der Waals surface area contributed by atoms with Gasteiger partial charge in [0.05, 0.1) is 11.6 Å². The van der Waals surface area contributed by atoms with Gasteiger partial charge in [-0.25, -0.2) is 4.39 Å². The van der Waals surface area contributed by atoms with Crippen LogP contribution in [0, 0.1) is 31.0 Å². The Morgan fingerprint density at radius 3 is 2.21 bits per heavy atom. The number of aryl methyl sites for hydroxylation is 2. The minimum atomic E-state index is -0.319. The van der Waals surface area contributed by atoms with Crippen molar-refractivity contribution in [3.05, 3.63) is 98.8 Å². The Morgan fingerprint density at radius 1 is 1.04 bits per heavy atom. The van der Waals surface area contributed by atoms with E-state index in [1.165, 1.54) is 12.1 Å². The summed E-state index contributed by atoms with van der Waals surface area (Å²) in [4.78, 5) is 0. The largest absolute Gasteiger partial charge is 0.488 e. The van der Waals surface area contributed by atoms with E-state index >= 15 is 0 Å². The van der Waals surface area contributed by atoms with Gasteiger partial charge in [0, 0.05) is 4.47 Å². The molecule has 0 aliphatic carbocycles. The molecule has 4 heteroatoms. The number of nitriles is 1. The second-order valence-corrected chi connectivity index (χ2v) is 7.49. The van der Waals surface area contributed by atoms with Gasteiger partial charge in [-0.15, -0.1) is 0 Å². The summed E-state index contributed by atoms with van der Waals surface area (Å²) in [5.41, 5.74) is 5.18. The fourth-order valence-corrected chi connectivity index (χ4v) is 3.27. The molecule has 0 aliphatic rings. The van der Waals surface area contributed by atoms with Crippen LogP contribution in [0.3, 0.4) is 0 Å². The Hall–Kier alpha value is -2.90. The first-order chi connectivity index (χ1) is 13.5. The zero-order chi connectivity index (χ0) is 20.1. The van der Waals surface area contributed by atoms with Crippen molar-refractivity contribution in [3.8, 4) is 11.8 Å². The van der Waals surface area contributed by atoms with Crippen LogP contribution in [-0.2, 0) is 6.61 Å². The molecule has 2 nitrogen and oxygen atoms in total. The lowest BCUT2D eigenvalue weighted by Crippen LogP contribution is -1.99. The summed E-state index contributed by atoms with van der Waals surface area (Å²) < 4.78 is 20.2. The molecule has 0 fully saturated rings. The number of halogens is 2. The monoisotopic (exact) mass is 435 g/mol. The molecular weight excluding hydrogens is 417 g/mol. The highest BCUT2D eigenvalue weighted by Gasteiger charge is 2.08. The summed E-state index contributed by atoms with van der Waals surface area (Å²) in [5.74, 6) is 0.528. The van der Waals surface area contributed by atoms with Gasteiger partial charge in [0.2, 0.25) is 0 Å². The van der Waals surface area contributed by atoms with Crippen molar-refractivity contribution in [1.29, 1.82) is 5.26 Å². The first-order valence-corrected chi connectivity index (χ1v) is 9.62. The average Bonchev–Trinajstić information content (AvgIpc) is 2.67. The molecular formula is C24H19BrFNO. The average molecular weight is 436 g/mol. The van der Waals surface area contributed by atoms with Crippen LogP contribution in [-0.4, -0.2) is 0 Å². The quantitative estimate of drug-likeness (QED) is 0.324. The Balaban J connectivity index is 1.83. The predicted octanol–water partition coefficient (Wildman–Crippen LogP) is 6.85. The molecule has 0 heterocycles. The third-order valence-electron chi connectivity index (χ3n) is 4.37. The number of ether oxygens (including phenoxy) is 1. The highest BCUT2D eigenvalue weighted by molar-refractivity contribution is 9.10. The molecule has 0 spiro atoms. The van der Waals surface area contributed by atoms with E-state index in [2.05, 4.69) is 22.0 Å². The van der Waals surface area contributed by atoms with E-state index in [0.29, 0.717) is 17.7 Å². The molecule has 3 rings (SSSR count). The molecule has 0 unspecified atom stereocenters. The molecule has 0 saturated carbocycles. The number of rotatable bonds is 5. The van der Waals surface area contributed by atoms with Gasteiger partial charge in [0.15, 0.2) is 0 Å². The molecule has 0 aliphatic heterocycles. The highest BCUT2D eigenvalue weighted by atomic mass is 79.9. The number of hydrogen-bond acceptors (Lipinski definition) is 2. The molecule has 0 bridgehead atoms. The maximum atomic E-state index is 13.1. The Morgan fingerprint density at radius 2 is 1.64 bits per heavy atom. The van der Waals surface area contributed by atoms with E-state index in [1.54, 1.807) is 12.1 Å². The SMILES string of the molecule is Cc1cc(/C=C(\C#N)c2ccc(F)cc2)cc(C)c1OCc1ccc(Br)cc1. The van der Waals surface area contributed by atoms with E-state index in [1.807, 2.05) is 56.3 Å². The number of allylic oxidation sites excluding steroid dienone is 1. The molecule has 0 saturated heterocycles. The van der Waals surface area contributed by atoms with Gasteiger partial charge < -0.3 is 4.74 Å². The molecule has 0 aromatic heterocycles. The van der Waals surface area contributed by atoms with Crippen LogP contribution in [0.15, 0.2) is 65.1 Å². The fraction of sp³-hybridized carbons (Fsp3) is 0.125. The minimum absolute atomic E-state index is 0.319. The van der Waals surface area contributed by atoms with Gasteiger partial charge in [-0.2, -0.15) is 5.26 Å². The maximum absolute atomic E-state index is 13.1. The molecule has 28 heavy (non-hydrogen) atoms. The summed E-state index contributed by atoms with van der Waals surface area (Å²) in [6.07, 6.45) is 1.81. The van der Waals surface area contributed by atoms with Crippen LogP contribution in [0.5, 0.6) is 5.75 Å². The lowest BCUT2D eigenvalue weighted by Gasteiger charge is -2.13. The zero-order valence-corrected chi connectivity index (χ0v) is 17.3. The van der Waals surface area contributed by atoms with Crippen molar-refractivity contribution < 1.29 is 9.13 Å². The summed E-state index contributed by atoms with van der Waals surface area (Å²) >= 11 is 3.43. The summed E-state index contributed by atoms with van der Waals surface area (Å²) in [7, 11) is 0. The Labute approximate surface area is 173 Å². The second-order valence-electron chi connectivity index (χ2n) is 6.58. The van der Waals surface area contributed by atoms with E-state index in [9.17, 15) is 9.65 Å². The summed E-state index contributed by atoms with van der Waals surface area (Å²) in [6, 6.07) is 20.1. The van der Waals surface area contributed by atoms with Gasteiger partial charge in [-0.3, -0.25) is 0 Å². The zero-order valence-electron chi connectivity index (χ0n) is 15.7.